The Labute approximate surface area is 112 Å². The van der Waals surface area contributed by atoms with Gasteiger partial charge in [0.2, 0.25) is 0 Å². The van der Waals surface area contributed by atoms with Gasteiger partial charge in [-0.2, -0.15) is 0 Å². The van der Waals surface area contributed by atoms with E-state index in [-0.39, 0.29) is 18.0 Å². The molecule has 3 unspecified atom stereocenters. The van der Waals surface area contributed by atoms with Crippen molar-refractivity contribution in [2.24, 2.45) is 11.7 Å². The average molecular weight is 265 g/mol. The molecule has 1 aromatic carbocycles. The molecule has 0 aromatic heterocycles. The van der Waals surface area contributed by atoms with Crippen molar-refractivity contribution in [2.45, 2.75) is 37.9 Å². The van der Waals surface area contributed by atoms with Crippen molar-refractivity contribution in [1.82, 2.24) is 0 Å². The number of rotatable bonds is 4. The van der Waals surface area contributed by atoms with Crippen LogP contribution in [0.2, 0.25) is 0 Å². The lowest BCUT2D eigenvalue weighted by atomic mass is 10.1. The smallest absolute Gasteiger partial charge is 0.126 e. The van der Waals surface area contributed by atoms with Crippen LogP contribution in [0, 0.1) is 11.7 Å². The Morgan fingerprint density at radius 1 is 1.37 bits per heavy atom. The number of nitrogens with two attached hydrogens (primary N) is 1. The van der Waals surface area contributed by atoms with Crippen LogP contribution in [-0.2, 0) is 11.2 Å². The van der Waals surface area contributed by atoms with Crippen LogP contribution in [-0.4, -0.2) is 25.4 Å². The zero-order valence-electron chi connectivity index (χ0n) is 11.0. The van der Waals surface area contributed by atoms with Gasteiger partial charge in [-0.15, -0.1) is 0 Å². The fraction of sp³-hybridized carbons (Fsp3) is 0.600. The Bertz CT molecular complexity index is 452. The molecule has 3 atom stereocenters. The first kappa shape index (κ1) is 12.9. The highest BCUT2D eigenvalue weighted by Gasteiger charge is 2.29. The summed E-state index contributed by atoms with van der Waals surface area (Å²) in [4.78, 5) is 0. The summed E-state index contributed by atoms with van der Waals surface area (Å²) < 4.78 is 24.8. The second-order valence-electron chi connectivity index (χ2n) is 5.49. The van der Waals surface area contributed by atoms with Gasteiger partial charge in [-0.3, -0.25) is 0 Å². The summed E-state index contributed by atoms with van der Waals surface area (Å²) in [5.41, 5.74) is 6.68. The molecule has 1 fully saturated rings. The molecule has 1 saturated carbocycles. The lowest BCUT2D eigenvalue weighted by Gasteiger charge is -2.20. The van der Waals surface area contributed by atoms with Crippen molar-refractivity contribution < 1.29 is 13.9 Å². The molecule has 19 heavy (non-hydrogen) atoms. The molecule has 2 aliphatic rings. The van der Waals surface area contributed by atoms with Crippen molar-refractivity contribution in [3.8, 4) is 5.75 Å². The topological polar surface area (TPSA) is 44.5 Å². The molecule has 1 aliphatic carbocycles. The van der Waals surface area contributed by atoms with Crippen LogP contribution in [0.3, 0.4) is 0 Å². The molecule has 104 valence electrons. The van der Waals surface area contributed by atoms with E-state index in [1.54, 1.807) is 12.1 Å². The Kier molecular flexibility index (Phi) is 3.71. The van der Waals surface area contributed by atoms with Gasteiger partial charge in [0.25, 0.3) is 0 Å². The monoisotopic (exact) mass is 265 g/mol. The SMILES string of the molecule is NCC1CCCC1OCC1Cc2cc(F)ccc2O1. The Hall–Kier alpha value is -1.13. The second kappa shape index (κ2) is 5.47. The highest BCUT2D eigenvalue weighted by molar-refractivity contribution is 5.37. The third kappa shape index (κ3) is 2.74. The first-order valence-corrected chi connectivity index (χ1v) is 7.03. The van der Waals surface area contributed by atoms with Crippen LogP contribution in [0.4, 0.5) is 4.39 Å². The summed E-state index contributed by atoms with van der Waals surface area (Å²) in [5, 5.41) is 0. The highest BCUT2D eigenvalue weighted by atomic mass is 19.1. The van der Waals surface area contributed by atoms with Gasteiger partial charge >= 0.3 is 0 Å². The maximum absolute atomic E-state index is 13.1. The van der Waals surface area contributed by atoms with E-state index in [1.807, 2.05) is 0 Å². The predicted octanol–water partition coefficient (Wildman–Crippen LogP) is 2.27. The molecule has 0 bridgehead atoms. The number of ether oxygens (including phenoxy) is 2. The molecule has 4 heteroatoms. The summed E-state index contributed by atoms with van der Waals surface area (Å²) >= 11 is 0. The van der Waals surface area contributed by atoms with E-state index in [9.17, 15) is 4.39 Å². The van der Waals surface area contributed by atoms with Gasteiger partial charge in [0.05, 0.1) is 12.7 Å². The fourth-order valence-electron chi connectivity index (χ4n) is 3.10. The van der Waals surface area contributed by atoms with E-state index in [0.29, 0.717) is 19.1 Å². The number of hydrogen-bond donors (Lipinski definition) is 1. The minimum atomic E-state index is -0.206. The normalized spacial score (nSPS) is 29.3. The molecule has 1 aliphatic heterocycles. The molecule has 0 saturated heterocycles. The second-order valence-corrected chi connectivity index (χ2v) is 5.49. The Morgan fingerprint density at radius 3 is 3.11 bits per heavy atom. The van der Waals surface area contributed by atoms with Crippen LogP contribution in [0.15, 0.2) is 18.2 Å². The first-order valence-electron chi connectivity index (χ1n) is 7.03. The van der Waals surface area contributed by atoms with E-state index in [0.717, 1.165) is 30.6 Å². The van der Waals surface area contributed by atoms with Crippen LogP contribution in [0.25, 0.3) is 0 Å². The van der Waals surface area contributed by atoms with Crippen molar-refractivity contribution >= 4 is 0 Å². The van der Waals surface area contributed by atoms with Crippen LogP contribution in [0.5, 0.6) is 5.75 Å². The van der Waals surface area contributed by atoms with Crippen molar-refractivity contribution in [3.63, 3.8) is 0 Å². The van der Waals surface area contributed by atoms with Gasteiger partial charge in [0, 0.05) is 12.0 Å². The Morgan fingerprint density at radius 2 is 2.26 bits per heavy atom. The lowest BCUT2D eigenvalue weighted by Crippen LogP contribution is -2.30. The van der Waals surface area contributed by atoms with Crippen molar-refractivity contribution in [1.29, 1.82) is 0 Å². The van der Waals surface area contributed by atoms with E-state index in [4.69, 9.17) is 15.2 Å². The van der Waals surface area contributed by atoms with Crippen LogP contribution < -0.4 is 10.5 Å². The predicted molar refractivity (Wildman–Crippen MR) is 70.7 cm³/mol. The van der Waals surface area contributed by atoms with Crippen molar-refractivity contribution in [3.05, 3.63) is 29.6 Å². The average Bonchev–Trinajstić information content (AvgIpc) is 3.01. The number of fused-ring (bicyclic) bond motifs is 1. The molecule has 3 nitrogen and oxygen atoms in total. The molecule has 1 aromatic rings. The first-order chi connectivity index (χ1) is 9.26. The third-order valence-corrected chi connectivity index (χ3v) is 4.15. The third-order valence-electron chi connectivity index (χ3n) is 4.15. The summed E-state index contributed by atoms with van der Waals surface area (Å²) in [6.45, 7) is 1.26. The molecule has 3 rings (SSSR count). The van der Waals surface area contributed by atoms with Crippen LogP contribution >= 0.6 is 0 Å². The fourth-order valence-corrected chi connectivity index (χ4v) is 3.10. The van der Waals surface area contributed by atoms with Crippen molar-refractivity contribution in [2.75, 3.05) is 13.2 Å². The molecule has 1 heterocycles. The maximum atomic E-state index is 13.1. The number of benzene rings is 1. The quantitative estimate of drug-likeness (QED) is 0.908. The molecule has 0 amide bonds. The summed E-state index contributed by atoms with van der Waals surface area (Å²) in [6, 6.07) is 4.68. The largest absolute Gasteiger partial charge is 0.487 e. The zero-order valence-corrected chi connectivity index (χ0v) is 11.0. The molecule has 0 spiro atoms. The van der Waals surface area contributed by atoms with Gasteiger partial charge in [0.1, 0.15) is 17.7 Å². The lowest BCUT2D eigenvalue weighted by molar-refractivity contribution is -0.00943. The van der Waals surface area contributed by atoms with Gasteiger partial charge < -0.3 is 15.2 Å². The number of halogens is 1. The maximum Gasteiger partial charge on any atom is 0.126 e. The minimum absolute atomic E-state index is 0.0100. The van der Waals surface area contributed by atoms with Crippen LogP contribution in [0.1, 0.15) is 24.8 Å². The molecular formula is C15H20FNO2. The summed E-state index contributed by atoms with van der Waals surface area (Å²) in [6.07, 6.45) is 4.47. The van der Waals surface area contributed by atoms with Gasteiger partial charge in [0.15, 0.2) is 0 Å². The summed E-state index contributed by atoms with van der Waals surface area (Å²) in [7, 11) is 0. The van der Waals surface area contributed by atoms with E-state index >= 15 is 0 Å². The standard InChI is InChI=1S/C15H20FNO2/c16-12-4-5-15-11(6-12)7-13(19-15)9-18-14-3-1-2-10(14)8-17/h4-6,10,13-14H,1-3,7-9,17H2. The molecule has 2 N–H and O–H groups in total. The minimum Gasteiger partial charge on any atom is -0.487 e. The summed E-state index contributed by atoms with van der Waals surface area (Å²) in [5.74, 6) is 1.07. The van der Waals surface area contributed by atoms with Gasteiger partial charge in [-0.05, 0) is 43.5 Å². The molecular weight excluding hydrogens is 245 g/mol. The van der Waals surface area contributed by atoms with Gasteiger partial charge in [-0.1, -0.05) is 6.42 Å². The van der Waals surface area contributed by atoms with E-state index < -0.39 is 0 Å². The van der Waals surface area contributed by atoms with Gasteiger partial charge in [-0.25, -0.2) is 4.39 Å². The zero-order chi connectivity index (χ0) is 13.2. The highest BCUT2D eigenvalue weighted by Crippen LogP contribution is 2.31. The van der Waals surface area contributed by atoms with E-state index in [2.05, 4.69) is 0 Å². The molecule has 0 radical (unpaired) electrons. The van der Waals surface area contributed by atoms with E-state index in [1.165, 1.54) is 12.5 Å². The number of hydrogen-bond acceptors (Lipinski definition) is 3. The Balaban J connectivity index is 1.53.